The molecule has 0 aliphatic heterocycles. The van der Waals surface area contributed by atoms with Gasteiger partial charge in [0.25, 0.3) is 0 Å². The van der Waals surface area contributed by atoms with E-state index in [1.54, 1.807) is 11.6 Å². The standard InChI is InChI=1S/C10H18N4O2/c1-5-8(7(2)3)12-10-9(14(15)16)11-6-13(10)4/h6-8,12H,5H2,1-4H3. The summed E-state index contributed by atoms with van der Waals surface area (Å²) < 4.78 is 1.64. The lowest BCUT2D eigenvalue weighted by Crippen LogP contribution is -2.26. The van der Waals surface area contributed by atoms with Crippen molar-refractivity contribution < 1.29 is 4.92 Å². The van der Waals surface area contributed by atoms with Crippen molar-refractivity contribution in [1.82, 2.24) is 9.55 Å². The average molecular weight is 226 g/mol. The molecule has 0 bridgehead atoms. The zero-order valence-corrected chi connectivity index (χ0v) is 10.1. The molecule has 6 heteroatoms. The number of aryl methyl sites for hydroxylation is 1. The van der Waals surface area contributed by atoms with Gasteiger partial charge in [0, 0.05) is 13.1 Å². The summed E-state index contributed by atoms with van der Waals surface area (Å²) in [7, 11) is 1.75. The van der Waals surface area contributed by atoms with Crippen LogP contribution in [0.15, 0.2) is 6.33 Å². The van der Waals surface area contributed by atoms with E-state index in [1.165, 1.54) is 6.33 Å². The molecule has 0 radical (unpaired) electrons. The Bertz CT molecular complexity index is 373. The number of imidazole rings is 1. The molecule has 0 fully saturated rings. The summed E-state index contributed by atoms with van der Waals surface area (Å²) in [5.41, 5.74) is 0. The first kappa shape index (κ1) is 12.5. The molecule has 16 heavy (non-hydrogen) atoms. The highest BCUT2D eigenvalue weighted by Gasteiger charge is 2.23. The predicted molar refractivity (Wildman–Crippen MR) is 62.4 cm³/mol. The maximum atomic E-state index is 10.8. The third kappa shape index (κ3) is 2.50. The quantitative estimate of drug-likeness (QED) is 0.617. The van der Waals surface area contributed by atoms with E-state index in [-0.39, 0.29) is 11.9 Å². The summed E-state index contributed by atoms with van der Waals surface area (Å²) in [6, 6.07) is 0.217. The SMILES string of the molecule is CCC(Nc1c([N+](=O)[O-])ncn1C)C(C)C. The Hall–Kier alpha value is -1.59. The topological polar surface area (TPSA) is 73.0 Å². The van der Waals surface area contributed by atoms with E-state index in [0.29, 0.717) is 11.7 Å². The maximum absolute atomic E-state index is 10.8. The van der Waals surface area contributed by atoms with E-state index < -0.39 is 4.92 Å². The highest BCUT2D eigenvalue weighted by atomic mass is 16.6. The van der Waals surface area contributed by atoms with E-state index in [4.69, 9.17) is 0 Å². The number of rotatable bonds is 5. The molecule has 0 aliphatic carbocycles. The van der Waals surface area contributed by atoms with Crippen molar-refractivity contribution in [2.45, 2.75) is 33.2 Å². The minimum atomic E-state index is -0.463. The van der Waals surface area contributed by atoms with Gasteiger partial charge in [-0.3, -0.25) is 4.57 Å². The highest BCUT2D eigenvalue weighted by molar-refractivity contribution is 5.52. The Labute approximate surface area is 94.8 Å². The van der Waals surface area contributed by atoms with Gasteiger partial charge in [-0.2, -0.15) is 0 Å². The fraction of sp³-hybridized carbons (Fsp3) is 0.700. The van der Waals surface area contributed by atoms with Crippen molar-refractivity contribution in [2.75, 3.05) is 5.32 Å². The predicted octanol–water partition coefficient (Wildman–Crippen LogP) is 2.17. The number of aromatic nitrogens is 2. The fourth-order valence-electron chi connectivity index (χ4n) is 1.63. The molecule has 1 atom stereocenters. The van der Waals surface area contributed by atoms with Crippen LogP contribution in [-0.2, 0) is 7.05 Å². The van der Waals surface area contributed by atoms with E-state index >= 15 is 0 Å². The first-order chi connectivity index (χ1) is 7.47. The third-order valence-electron chi connectivity index (χ3n) is 2.66. The van der Waals surface area contributed by atoms with E-state index in [0.717, 1.165) is 6.42 Å². The highest BCUT2D eigenvalue weighted by Crippen LogP contribution is 2.24. The van der Waals surface area contributed by atoms with Crippen molar-refractivity contribution in [2.24, 2.45) is 13.0 Å². The van der Waals surface area contributed by atoms with Gasteiger partial charge in [-0.1, -0.05) is 20.8 Å². The van der Waals surface area contributed by atoms with Gasteiger partial charge in [0.15, 0.2) is 0 Å². The second-order valence-electron chi connectivity index (χ2n) is 4.19. The van der Waals surface area contributed by atoms with Crippen LogP contribution in [0.3, 0.4) is 0 Å². The van der Waals surface area contributed by atoms with E-state index in [9.17, 15) is 10.1 Å². The lowest BCUT2D eigenvalue weighted by molar-refractivity contribution is -0.388. The molecule has 0 saturated heterocycles. The summed E-state index contributed by atoms with van der Waals surface area (Å²) in [4.78, 5) is 14.1. The molecule has 0 aromatic carbocycles. The van der Waals surface area contributed by atoms with Crippen molar-refractivity contribution in [1.29, 1.82) is 0 Å². The van der Waals surface area contributed by atoms with Crippen molar-refractivity contribution in [3.8, 4) is 0 Å². The summed E-state index contributed by atoms with van der Waals surface area (Å²) in [5, 5.41) is 13.9. The minimum absolute atomic E-state index is 0.110. The van der Waals surface area contributed by atoms with Crippen LogP contribution >= 0.6 is 0 Å². The van der Waals surface area contributed by atoms with Crippen LogP contribution in [0, 0.1) is 16.0 Å². The lowest BCUT2D eigenvalue weighted by Gasteiger charge is -2.21. The van der Waals surface area contributed by atoms with Gasteiger partial charge >= 0.3 is 5.82 Å². The Morgan fingerprint density at radius 3 is 2.69 bits per heavy atom. The van der Waals surface area contributed by atoms with Gasteiger partial charge in [0.2, 0.25) is 12.1 Å². The molecule has 1 aromatic heterocycles. The van der Waals surface area contributed by atoms with Gasteiger partial charge in [0.05, 0.1) is 0 Å². The molecule has 0 saturated carbocycles. The van der Waals surface area contributed by atoms with Gasteiger partial charge in [-0.05, 0) is 22.2 Å². The Morgan fingerprint density at radius 2 is 2.25 bits per heavy atom. The smallest absolute Gasteiger partial charge is 0.361 e. The molecule has 1 N–H and O–H groups in total. The normalized spacial score (nSPS) is 12.8. The van der Waals surface area contributed by atoms with Crippen LogP contribution in [0.2, 0.25) is 0 Å². The largest absolute Gasteiger partial charge is 0.406 e. The molecule has 1 rings (SSSR count). The second-order valence-corrected chi connectivity index (χ2v) is 4.19. The first-order valence-electron chi connectivity index (χ1n) is 5.39. The minimum Gasteiger partial charge on any atom is -0.361 e. The Balaban J connectivity index is 2.94. The maximum Gasteiger partial charge on any atom is 0.406 e. The Morgan fingerprint density at radius 1 is 1.62 bits per heavy atom. The van der Waals surface area contributed by atoms with Crippen LogP contribution in [0.4, 0.5) is 11.6 Å². The van der Waals surface area contributed by atoms with Crippen LogP contribution in [0.1, 0.15) is 27.2 Å². The molecule has 1 unspecified atom stereocenters. The number of nitrogens with zero attached hydrogens (tertiary/aromatic N) is 3. The van der Waals surface area contributed by atoms with Crippen LogP contribution < -0.4 is 5.32 Å². The van der Waals surface area contributed by atoms with Crippen LogP contribution in [0.5, 0.6) is 0 Å². The summed E-state index contributed by atoms with van der Waals surface area (Å²) in [6.07, 6.45) is 2.37. The summed E-state index contributed by atoms with van der Waals surface area (Å²) in [5.74, 6) is 0.784. The number of hydrogen-bond acceptors (Lipinski definition) is 4. The van der Waals surface area contributed by atoms with Crippen LogP contribution in [-0.4, -0.2) is 20.5 Å². The molecule has 0 aliphatic rings. The average Bonchev–Trinajstić information content (AvgIpc) is 2.56. The zero-order valence-electron chi connectivity index (χ0n) is 10.1. The molecular formula is C10H18N4O2. The van der Waals surface area contributed by atoms with Gasteiger partial charge in [0.1, 0.15) is 0 Å². The number of nitrogens with one attached hydrogen (secondary N) is 1. The van der Waals surface area contributed by atoms with E-state index in [2.05, 4.69) is 31.1 Å². The Kier molecular flexibility index (Phi) is 3.87. The van der Waals surface area contributed by atoms with Gasteiger partial charge < -0.3 is 15.4 Å². The molecular weight excluding hydrogens is 208 g/mol. The molecule has 90 valence electrons. The van der Waals surface area contributed by atoms with Gasteiger partial charge in [-0.15, -0.1) is 0 Å². The van der Waals surface area contributed by atoms with Crippen LogP contribution in [0.25, 0.3) is 0 Å². The monoisotopic (exact) mass is 226 g/mol. The first-order valence-corrected chi connectivity index (χ1v) is 5.39. The van der Waals surface area contributed by atoms with Crippen molar-refractivity contribution >= 4 is 11.6 Å². The second kappa shape index (κ2) is 4.96. The fourth-order valence-corrected chi connectivity index (χ4v) is 1.63. The van der Waals surface area contributed by atoms with E-state index in [1.807, 2.05) is 0 Å². The summed E-state index contributed by atoms with van der Waals surface area (Å²) in [6.45, 7) is 6.23. The van der Waals surface area contributed by atoms with Crippen molar-refractivity contribution in [3.05, 3.63) is 16.4 Å². The third-order valence-corrected chi connectivity index (χ3v) is 2.66. The molecule has 0 spiro atoms. The molecule has 1 aromatic rings. The molecule has 0 amide bonds. The number of hydrogen-bond donors (Lipinski definition) is 1. The molecule has 1 heterocycles. The summed E-state index contributed by atoms with van der Waals surface area (Å²) >= 11 is 0. The molecule has 6 nitrogen and oxygen atoms in total. The number of anilines is 1. The van der Waals surface area contributed by atoms with Gasteiger partial charge in [-0.25, -0.2) is 0 Å². The zero-order chi connectivity index (χ0) is 12.3. The lowest BCUT2D eigenvalue weighted by atomic mass is 10.0. The van der Waals surface area contributed by atoms with Crippen molar-refractivity contribution in [3.63, 3.8) is 0 Å². The number of nitro groups is 1.